The molecular weight excluding hydrogens is 308 g/mol. The van der Waals surface area contributed by atoms with Gasteiger partial charge in [0.2, 0.25) is 0 Å². The first kappa shape index (κ1) is 16.3. The summed E-state index contributed by atoms with van der Waals surface area (Å²) < 4.78 is 4.91. The van der Waals surface area contributed by atoms with Crippen molar-refractivity contribution in [1.29, 1.82) is 0 Å². The highest BCUT2D eigenvalue weighted by atomic mass is 32.2. The van der Waals surface area contributed by atoms with Crippen molar-refractivity contribution in [3.63, 3.8) is 0 Å². The van der Waals surface area contributed by atoms with Crippen molar-refractivity contribution in [2.75, 3.05) is 6.61 Å². The third kappa shape index (κ3) is 3.09. The lowest BCUT2D eigenvalue weighted by atomic mass is 9.66. The highest BCUT2D eigenvalue weighted by Crippen LogP contribution is 2.56. The summed E-state index contributed by atoms with van der Waals surface area (Å²) in [6, 6.07) is 8.41. The first-order chi connectivity index (χ1) is 11.2. The van der Waals surface area contributed by atoms with Crippen LogP contribution in [-0.4, -0.2) is 23.6 Å². The lowest BCUT2D eigenvalue weighted by Gasteiger charge is -2.38. The minimum absolute atomic E-state index is 0.0460. The van der Waals surface area contributed by atoms with Crippen LogP contribution < -0.4 is 0 Å². The summed E-state index contributed by atoms with van der Waals surface area (Å²) in [6.07, 6.45) is 7.81. The van der Waals surface area contributed by atoms with Crippen molar-refractivity contribution in [2.24, 2.45) is 0 Å². The SMILES string of the molecule is CCOC(=O)/C=C/CCC12CCCC(=O)C1Sc1ccccc12. The van der Waals surface area contributed by atoms with Gasteiger partial charge in [0.1, 0.15) is 5.78 Å². The summed E-state index contributed by atoms with van der Waals surface area (Å²) in [5.41, 5.74) is 1.27. The fourth-order valence-electron chi connectivity index (χ4n) is 3.81. The Kier molecular flexibility index (Phi) is 4.90. The van der Waals surface area contributed by atoms with Gasteiger partial charge in [-0.2, -0.15) is 0 Å². The second-order valence-corrected chi connectivity index (χ2v) is 7.31. The maximum Gasteiger partial charge on any atom is 0.330 e. The Bertz CT molecular complexity index is 637. The van der Waals surface area contributed by atoms with Crippen LogP contribution in [0.3, 0.4) is 0 Å². The Labute approximate surface area is 141 Å². The second-order valence-electron chi connectivity index (χ2n) is 6.16. The standard InChI is InChI=1S/C19H22O3S/c1-2-22-17(21)11-5-6-12-19-13-7-9-15(20)18(19)23-16-10-4-3-8-14(16)19/h3-5,8,10-11,18H,2,6-7,9,12-13H2,1H3/b11-5+. The van der Waals surface area contributed by atoms with Crippen LogP contribution in [0.4, 0.5) is 0 Å². The molecule has 0 amide bonds. The van der Waals surface area contributed by atoms with Gasteiger partial charge in [-0.3, -0.25) is 4.79 Å². The quantitative estimate of drug-likeness (QED) is 0.603. The molecule has 1 aliphatic heterocycles. The summed E-state index contributed by atoms with van der Waals surface area (Å²) in [5, 5.41) is 0.0460. The van der Waals surface area contributed by atoms with E-state index in [0.717, 1.165) is 25.7 Å². The molecular formula is C19H22O3S. The smallest absolute Gasteiger partial charge is 0.330 e. The number of hydrogen-bond acceptors (Lipinski definition) is 4. The van der Waals surface area contributed by atoms with Crippen LogP contribution in [0.1, 0.15) is 44.6 Å². The largest absolute Gasteiger partial charge is 0.463 e. The normalized spacial score (nSPS) is 26.1. The van der Waals surface area contributed by atoms with E-state index in [2.05, 4.69) is 18.2 Å². The highest BCUT2D eigenvalue weighted by molar-refractivity contribution is 8.01. The predicted molar refractivity (Wildman–Crippen MR) is 91.6 cm³/mol. The molecule has 4 heteroatoms. The summed E-state index contributed by atoms with van der Waals surface area (Å²) >= 11 is 1.73. The molecule has 0 radical (unpaired) electrons. The molecule has 23 heavy (non-hydrogen) atoms. The molecule has 0 spiro atoms. The van der Waals surface area contributed by atoms with Crippen LogP contribution in [0.15, 0.2) is 41.3 Å². The number of ether oxygens (including phenoxy) is 1. The predicted octanol–water partition coefficient (Wildman–Crippen LogP) is 4.05. The number of carbonyl (C=O) groups excluding carboxylic acids is 2. The minimum atomic E-state index is -0.289. The van der Waals surface area contributed by atoms with Crippen molar-refractivity contribution >= 4 is 23.5 Å². The number of hydrogen-bond donors (Lipinski definition) is 0. The molecule has 0 N–H and O–H groups in total. The fourth-order valence-corrected chi connectivity index (χ4v) is 5.46. The van der Waals surface area contributed by atoms with Crippen LogP contribution >= 0.6 is 11.8 Å². The van der Waals surface area contributed by atoms with Gasteiger partial charge in [0.05, 0.1) is 11.9 Å². The zero-order chi connectivity index (χ0) is 16.3. The Balaban J connectivity index is 1.78. The number of carbonyl (C=O) groups is 2. The van der Waals surface area contributed by atoms with Gasteiger partial charge in [-0.05, 0) is 44.2 Å². The number of rotatable bonds is 5. The zero-order valence-electron chi connectivity index (χ0n) is 13.4. The van der Waals surface area contributed by atoms with Gasteiger partial charge >= 0.3 is 5.97 Å². The molecule has 3 rings (SSSR count). The molecule has 1 heterocycles. The van der Waals surface area contributed by atoms with E-state index in [0.29, 0.717) is 18.8 Å². The van der Waals surface area contributed by atoms with Crippen molar-refractivity contribution < 1.29 is 14.3 Å². The number of thioether (sulfide) groups is 1. The summed E-state index contributed by atoms with van der Waals surface area (Å²) in [4.78, 5) is 25.1. The third-order valence-corrected chi connectivity index (χ3v) is 6.37. The molecule has 122 valence electrons. The number of fused-ring (bicyclic) bond motifs is 3. The number of allylic oxidation sites excluding steroid dienone is 1. The van der Waals surface area contributed by atoms with E-state index >= 15 is 0 Å². The van der Waals surface area contributed by atoms with E-state index in [1.54, 1.807) is 18.7 Å². The average Bonchev–Trinajstić information content (AvgIpc) is 2.88. The molecule has 2 atom stereocenters. The second kappa shape index (κ2) is 6.91. The topological polar surface area (TPSA) is 43.4 Å². The average molecular weight is 330 g/mol. The van der Waals surface area contributed by atoms with Crippen molar-refractivity contribution in [2.45, 2.75) is 54.6 Å². The Hall–Kier alpha value is -1.55. The highest BCUT2D eigenvalue weighted by Gasteiger charge is 2.51. The Morgan fingerprint density at radius 3 is 3.09 bits per heavy atom. The summed E-state index contributed by atoms with van der Waals surface area (Å²) in [5.74, 6) is 0.0919. The van der Waals surface area contributed by atoms with Gasteiger partial charge in [0, 0.05) is 22.8 Å². The van der Waals surface area contributed by atoms with E-state index in [-0.39, 0.29) is 16.6 Å². The lowest BCUT2D eigenvalue weighted by molar-refractivity contribution is -0.137. The zero-order valence-corrected chi connectivity index (χ0v) is 14.2. The minimum Gasteiger partial charge on any atom is -0.463 e. The molecule has 2 unspecified atom stereocenters. The van der Waals surface area contributed by atoms with Gasteiger partial charge in [0.15, 0.2) is 0 Å². The molecule has 1 fully saturated rings. The van der Waals surface area contributed by atoms with E-state index in [9.17, 15) is 9.59 Å². The Morgan fingerprint density at radius 2 is 2.26 bits per heavy atom. The lowest BCUT2D eigenvalue weighted by Crippen LogP contribution is -2.42. The van der Waals surface area contributed by atoms with Crippen molar-refractivity contribution in [3.8, 4) is 0 Å². The molecule has 0 bridgehead atoms. The Morgan fingerprint density at radius 1 is 1.43 bits per heavy atom. The first-order valence-electron chi connectivity index (χ1n) is 8.29. The monoisotopic (exact) mass is 330 g/mol. The molecule has 1 aromatic rings. The molecule has 1 aromatic carbocycles. The third-order valence-electron chi connectivity index (χ3n) is 4.81. The van der Waals surface area contributed by atoms with E-state index in [1.165, 1.54) is 16.5 Å². The summed E-state index contributed by atoms with van der Waals surface area (Å²) in [7, 11) is 0. The molecule has 0 saturated heterocycles. The van der Waals surface area contributed by atoms with Crippen LogP contribution in [0.25, 0.3) is 0 Å². The molecule has 0 aromatic heterocycles. The van der Waals surface area contributed by atoms with Crippen LogP contribution in [0.5, 0.6) is 0 Å². The number of benzene rings is 1. The van der Waals surface area contributed by atoms with Gasteiger partial charge in [-0.25, -0.2) is 4.79 Å². The van der Waals surface area contributed by atoms with Gasteiger partial charge in [-0.1, -0.05) is 24.3 Å². The van der Waals surface area contributed by atoms with Gasteiger partial charge in [-0.15, -0.1) is 11.8 Å². The van der Waals surface area contributed by atoms with Crippen molar-refractivity contribution in [1.82, 2.24) is 0 Å². The van der Waals surface area contributed by atoms with E-state index < -0.39 is 0 Å². The first-order valence-corrected chi connectivity index (χ1v) is 9.17. The summed E-state index contributed by atoms with van der Waals surface area (Å²) in [6.45, 7) is 2.20. The van der Waals surface area contributed by atoms with Gasteiger partial charge in [0.25, 0.3) is 0 Å². The molecule has 1 saturated carbocycles. The molecule has 2 aliphatic rings. The maximum atomic E-state index is 12.5. The van der Waals surface area contributed by atoms with Crippen molar-refractivity contribution in [3.05, 3.63) is 42.0 Å². The van der Waals surface area contributed by atoms with E-state index in [1.807, 2.05) is 12.1 Å². The van der Waals surface area contributed by atoms with E-state index in [4.69, 9.17) is 4.74 Å². The number of ketones is 1. The van der Waals surface area contributed by atoms with Crippen LogP contribution in [0, 0.1) is 0 Å². The van der Waals surface area contributed by atoms with Gasteiger partial charge < -0.3 is 4.74 Å². The fraction of sp³-hybridized carbons (Fsp3) is 0.474. The maximum absolute atomic E-state index is 12.5. The molecule has 1 aliphatic carbocycles. The molecule has 3 nitrogen and oxygen atoms in total. The van der Waals surface area contributed by atoms with Crippen LogP contribution in [0.2, 0.25) is 0 Å². The number of Topliss-reactive ketones (excluding diaryl/α,β-unsaturated/α-hetero) is 1. The number of esters is 1. The van der Waals surface area contributed by atoms with Crippen LogP contribution in [-0.2, 0) is 19.7 Å².